The van der Waals surface area contributed by atoms with Crippen molar-refractivity contribution in [2.75, 3.05) is 12.4 Å². The van der Waals surface area contributed by atoms with Crippen LogP contribution in [0.5, 0.6) is 0 Å². The summed E-state index contributed by atoms with van der Waals surface area (Å²) < 4.78 is 6.79. The first-order chi connectivity index (χ1) is 9.72. The molecular weight excluding hydrogens is 276 g/mol. The number of rotatable bonds is 6. The molecule has 0 N–H and O–H groups in total. The SMILES string of the molecule is CCOC(=O)CCSc1nnc(-c2ccncc2)n1C. The van der Waals surface area contributed by atoms with Gasteiger partial charge in [-0.15, -0.1) is 10.2 Å². The zero-order chi connectivity index (χ0) is 14.4. The first-order valence-corrected chi connectivity index (χ1v) is 7.29. The minimum absolute atomic E-state index is 0.184. The van der Waals surface area contributed by atoms with Gasteiger partial charge >= 0.3 is 5.97 Å². The quantitative estimate of drug-likeness (QED) is 0.598. The van der Waals surface area contributed by atoms with Crippen molar-refractivity contribution in [1.29, 1.82) is 0 Å². The summed E-state index contributed by atoms with van der Waals surface area (Å²) in [5, 5.41) is 9.09. The number of pyridine rings is 1. The van der Waals surface area contributed by atoms with Crippen LogP contribution in [-0.2, 0) is 16.6 Å². The number of carbonyl (C=O) groups excluding carboxylic acids is 1. The van der Waals surface area contributed by atoms with E-state index in [1.807, 2.05) is 23.7 Å². The number of esters is 1. The lowest BCUT2D eigenvalue weighted by atomic mass is 10.2. The Labute approximate surface area is 121 Å². The molecule has 0 atom stereocenters. The second kappa shape index (κ2) is 7.04. The second-order valence-electron chi connectivity index (χ2n) is 4.00. The fourth-order valence-corrected chi connectivity index (χ4v) is 2.48. The highest BCUT2D eigenvalue weighted by molar-refractivity contribution is 7.99. The molecule has 0 aliphatic rings. The maximum absolute atomic E-state index is 11.3. The molecule has 0 bridgehead atoms. The fourth-order valence-electron chi connectivity index (χ4n) is 1.65. The smallest absolute Gasteiger partial charge is 0.306 e. The highest BCUT2D eigenvalue weighted by Gasteiger charge is 2.11. The number of ether oxygens (including phenoxy) is 1. The lowest BCUT2D eigenvalue weighted by Crippen LogP contribution is -2.05. The first kappa shape index (κ1) is 14.5. The van der Waals surface area contributed by atoms with Crippen molar-refractivity contribution in [3.05, 3.63) is 24.5 Å². The van der Waals surface area contributed by atoms with E-state index in [2.05, 4.69) is 15.2 Å². The van der Waals surface area contributed by atoms with Crippen LogP contribution < -0.4 is 0 Å². The zero-order valence-corrected chi connectivity index (χ0v) is 12.3. The van der Waals surface area contributed by atoms with E-state index < -0.39 is 0 Å². The van der Waals surface area contributed by atoms with E-state index in [4.69, 9.17) is 4.74 Å². The van der Waals surface area contributed by atoms with Crippen LogP contribution in [0.25, 0.3) is 11.4 Å². The third kappa shape index (κ3) is 3.57. The van der Waals surface area contributed by atoms with Crippen molar-refractivity contribution in [2.45, 2.75) is 18.5 Å². The highest BCUT2D eigenvalue weighted by Crippen LogP contribution is 2.22. The van der Waals surface area contributed by atoms with Crippen molar-refractivity contribution in [3.63, 3.8) is 0 Å². The van der Waals surface area contributed by atoms with E-state index >= 15 is 0 Å². The molecule has 0 saturated carbocycles. The Morgan fingerprint density at radius 2 is 2.10 bits per heavy atom. The molecule has 0 unspecified atom stereocenters. The van der Waals surface area contributed by atoms with Gasteiger partial charge in [-0.2, -0.15) is 0 Å². The van der Waals surface area contributed by atoms with Gasteiger partial charge in [0.15, 0.2) is 11.0 Å². The molecule has 2 heterocycles. The normalized spacial score (nSPS) is 10.5. The fraction of sp³-hybridized carbons (Fsp3) is 0.385. The summed E-state index contributed by atoms with van der Waals surface area (Å²) in [5.41, 5.74) is 0.965. The number of aromatic nitrogens is 4. The van der Waals surface area contributed by atoms with Crippen molar-refractivity contribution < 1.29 is 9.53 Å². The molecule has 0 aliphatic heterocycles. The average Bonchev–Trinajstić information content (AvgIpc) is 2.82. The molecule has 2 aromatic rings. The van der Waals surface area contributed by atoms with Crippen LogP contribution in [0.2, 0.25) is 0 Å². The number of thioether (sulfide) groups is 1. The summed E-state index contributed by atoms with van der Waals surface area (Å²) in [4.78, 5) is 15.2. The standard InChI is InChI=1S/C13H16N4O2S/c1-3-19-11(18)6-9-20-13-16-15-12(17(13)2)10-4-7-14-8-5-10/h4-5,7-8H,3,6,9H2,1-2H3. The zero-order valence-electron chi connectivity index (χ0n) is 11.4. The Balaban J connectivity index is 1.98. The van der Waals surface area contributed by atoms with Crippen molar-refractivity contribution in [2.24, 2.45) is 7.05 Å². The van der Waals surface area contributed by atoms with Crippen LogP contribution in [0.15, 0.2) is 29.7 Å². The summed E-state index contributed by atoms with van der Waals surface area (Å²) in [6.45, 7) is 2.22. The molecule has 0 aliphatic carbocycles. The Hall–Kier alpha value is -1.89. The van der Waals surface area contributed by atoms with E-state index in [1.54, 1.807) is 19.3 Å². The lowest BCUT2D eigenvalue weighted by Gasteiger charge is -2.03. The van der Waals surface area contributed by atoms with Crippen LogP contribution in [0, 0.1) is 0 Å². The summed E-state index contributed by atoms with van der Waals surface area (Å²) in [5.74, 6) is 1.23. The van der Waals surface area contributed by atoms with Crippen LogP contribution in [0.1, 0.15) is 13.3 Å². The predicted molar refractivity (Wildman–Crippen MR) is 76.2 cm³/mol. The summed E-state index contributed by atoms with van der Waals surface area (Å²) in [6.07, 6.45) is 3.81. The molecule has 0 saturated heterocycles. The summed E-state index contributed by atoms with van der Waals surface area (Å²) in [7, 11) is 1.91. The molecule has 0 aromatic carbocycles. The minimum atomic E-state index is -0.184. The van der Waals surface area contributed by atoms with Crippen LogP contribution >= 0.6 is 11.8 Å². The van der Waals surface area contributed by atoms with Gasteiger partial charge in [0.05, 0.1) is 13.0 Å². The Morgan fingerprint density at radius 3 is 2.80 bits per heavy atom. The summed E-state index contributed by atoms with van der Waals surface area (Å²) in [6, 6.07) is 3.77. The number of nitrogens with zero attached hydrogens (tertiary/aromatic N) is 4. The lowest BCUT2D eigenvalue weighted by molar-refractivity contribution is -0.142. The molecular formula is C13H16N4O2S. The van der Waals surface area contributed by atoms with Crippen LogP contribution in [-0.4, -0.2) is 38.1 Å². The van der Waals surface area contributed by atoms with Crippen molar-refractivity contribution >= 4 is 17.7 Å². The topological polar surface area (TPSA) is 69.9 Å². The van der Waals surface area contributed by atoms with Gasteiger partial charge in [-0.05, 0) is 19.1 Å². The molecule has 0 radical (unpaired) electrons. The van der Waals surface area contributed by atoms with E-state index in [0.29, 0.717) is 18.8 Å². The number of hydrogen-bond acceptors (Lipinski definition) is 6. The second-order valence-corrected chi connectivity index (χ2v) is 5.07. The maximum atomic E-state index is 11.3. The van der Waals surface area contributed by atoms with Gasteiger partial charge in [-0.3, -0.25) is 9.78 Å². The monoisotopic (exact) mass is 292 g/mol. The Bertz CT molecular complexity index is 571. The Morgan fingerprint density at radius 1 is 1.35 bits per heavy atom. The number of carbonyl (C=O) groups is 1. The molecule has 106 valence electrons. The van der Waals surface area contributed by atoms with E-state index in [-0.39, 0.29) is 5.97 Å². The molecule has 2 aromatic heterocycles. The van der Waals surface area contributed by atoms with Gasteiger partial charge in [0.1, 0.15) is 0 Å². The third-order valence-electron chi connectivity index (χ3n) is 2.62. The molecule has 0 fully saturated rings. The third-order valence-corrected chi connectivity index (χ3v) is 3.64. The van der Waals surface area contributed by atoms with Gasteiger partial charge in [0, 0.05) is 30.8 Å². The first-order valence-electron chi connectivity index (χ1n) is 6.30. The molecule has 20 heavy (non-hydrogen) atoms. The highest BCUT2D eigenvalue weighted by atomic mass is 32.2. The molecule has 0 spiro atoms. The van der Waals surface area contributed by atoms with E-state index in [1.165, 1.54) is 11.8 Å². The largest absolute Gasteiger partial charge is 0.466 e. The van der Waals surface area contributed by atoms with Crippen molar-refractivity contribution in [3.8, 4) is 11.4 Å². The van der Waals surface area contributed by atoms with Gasteiger partial charge in [-0.1, -0.05) is 11.8 Å². The van der Waals surface area contributed by atoms with E-state index in [9.17, 15) is 4.79 Å². The van der Waals surface area contributed by atoms with Crippen molar-refractivity contribution in [1.82, 2.24) is 19.7 Å². The summed E-state index contributed by atoms with van der Waals surface area (Å²) >= 11 is 1.49. The van der Waals surface area contributed by atoms with Gasteiger partial charge in [-0.25, -0.2) is 0 Å². The maximum Gasteiger partial charge on any atom is 0.306 e. The average molecular weight is 292 g/mol. The van der Waals surface area contributed by atoms with Crippen LogP contribution in [0.4, 0.5) is 0 Å². The molecule has 2 rings (SSSR count). The molecule has 6 nitrogen and oxygen atoms in total. The van der Waals surface area contributed by atoms with Gasteiger partial charge in [0.2, 0.25) is 0 Å². The predicted octanol–water partition coefficient (Wildman–Crippen LogP) is 1.92. The molecule has 7 heteroatoms. The van der Waals surface area contributed by atoms with Gasteiger partial charge in [0.25, 0.3) is 0 Å². The van der Waals surface area contributed by atoms with E-state index in [0.717, 1.165) is 16.5 Å². The van der Waals surface area contributed by atoms with Crippen LogP contribution in [0.3, 0.4) is 0 Å². The number of hydrogen-bond donors (Lipinski definition) is 0. The van der Waals surface area contributed by atoms with Gasteiger partial charge < -0.3 is 9.30 Å². The Kier molecular flexibility index (Phi) is 5.11. The molecule has 0 amide bonds. The minimum Gasteiger partial charge on any atom is -0.466 e.